The van der Waals surface area contributed by atoms with Crippen LogP contribution < -0.4 is 10.2 Å². The minimum absolute atomic E-state index is 0.116. The van der Waals surface area contributed by atoms with Gasteiger partial charge in [-0.15, -0.1) is 0 Å². The van der Waals surface area contributed by atoms with Gasteiger partial charge in [-0.05, 0) is 50.2 Å². The summed E-state index contributed by atoms with van der Waals surface area (Å²) < 4.78 is 14.2. The van der Waals surface area contributed by atoms with Crippen molar-refractivity contribution in [3.05, 3.63) is 29.6 Å². The van der Waals surface area contributed by atoms with Crippen LogP contribution in [0.4, 0.5) is 10.1 Å². The van der Waals surface area contributed by atoms with E-state index in [-0.39, 0.29) is 5.82 Å². The van der Waals surface area contributed by atoms with Crippen LogP contribution in [-0.4, -0.2) is 45.2 Å². The second-order valence-electron chi connectivity index (χ2n) is 5.86. The first-order valence-corrected chi connectivity index (χ1v) is 7.49. The largest absolute Gasteiger partial charge is 0.372 e. The minimum atomic E-state index is -0.116. The van der Waals surface area contributed by atoms with E-state index in [9.17, 15) is 4.39 Å². The predicted molar refractivity (Wildman–Crippen MR) is 82.7 cm³/mol. The van der Waals surface area contributed by atoms with Gasteiger partial charge in [-0.3, -0.25) is 0 Å². The van der Waals surface area contributed by atoms with Crippen molar-refractivity contribution in [1.82, 2.24) is 10.2 Å². The van der Waals surface area contributed by atoms with Gasteiger partial charge in [-0.25, -0.2) is 4.39 Å². The lowest BCUT2D eigenvalue weighted by molar-refractivity contribution is 0.395. The fourth-order valence-corrected chi connectivity index (χ4v) is 2.90. The quantitative estimate of drug-likeness (QED) is 0.862. The molecule has 1 aromatic carbocycles. The molecule has 3 nitrogen and oxygen atoms in total. The number of halogens is 1. The van der Waals surface area contributed by atoms with Gasteiger partial charge in [0.2, 0.25) is 0 Å². The monoisotopic (exact) mass is 279 g/mol. The minimum Gasteiger partial charge on any atom is -0.372 e. The second kappa shape index (κ2) is 7.04. The molecule has 1 heterocycles. The second-order valence-corrected chi connectivity index (χ2v) is 5.86. The zero-order valence-electron chi connectivity index (χ0n) is 12.8. The van der Waals surface area contributed by atoms with Gasteiger partial charge in [0.1, 0.15) is 5.82 Å². The summed E-state index contributed by atoms with van der Waals surface area (Å²) in [4.78, 5) is 4.39. The van der Waals surface area contributed by atoms with E-state index >= 15 is 0 Å². The Morgan fingerprint density at radius 2 is 2.25 bits per heavy atom. The van der Waals surface area contributed by atoms with Crippen molar-refractivity contribution in [3.8, 4) is 0 Å². The third kappa shape index (κ3) is 3.93. The molecule has 1 aromatic rings. The summed E-state index contributed by atoms with van der Waals surface area (Å²) in [6, 6.07) is 5.56. The highest BCUT2D eigenvalue weighted by molar-refractivity contribution is 5.48. The number of likely N-dealkylation sites (tertiary alicyclic amines) is 1. The molecule has 0 bridgehead atoms. The Labute approximate surface area is 121 Å². The number of nitrogens with zero attached hydrogens (tertiary/aromatic N) is 2. The van der Waals surface area contributed by atoms with E-state index in [1.54, 1.807) is 6.07 Å². The predicted octanol–water partition coefficient (Wildman–Crippen LogP) is 2.32. The van der Waals surface area contributed by atoms with E-state index in [1.807, 2.05) is 19.2 Å². The molecule has 1 unspecified atom stereocenters. The van der Waals surface area contributed by atoms with E-state index in [2.05, 4.69) is 29.1 Å². The van der Waals surface area contributed by atoms with Gasteiger partial charge in [0.15, 0.2) is 0 Å². The molecule has 0 aromatic heterocycles. The highest BCUT2D eigenvalue weighted by Gasteiger charge is 2.21. The van der Waals surface area contributed by atoms with Crippen LogP contribution in [-0.2, 0) is 6.54 Å². The van der Waals surface area contributed by atoms with Gasteiger partial charge >= 0.3 is 0 Å². The van der Waals surface area contributed by atoms with E-state index in [4.69, 9.17) is 0 Å². The van der Waals surface area contributed by atoms with Gasteiger partial charge in [-0.2, -0.15) is 0 Å². The van der Waals surface area contributed by atoms with Crippen molar-refractivity contribution in [1.29, 1.82) is 0 Å². The van der Waals surface area contributed by atoms with Crippen LogP contribution in [0, 0.1) is 11.7 Å². The molecule has 2 rings (SSSR count). The summed E-state index contributed by atoms with van der Waals surface area (Å²) in [7, 11) is 4.14. The van der Waals surface area contributed by atoms with Gasteiger partial charge in [0.05, 0.1) is 5.69 Å². The molecule has 112 valence electrons. The smallest absolute Gasteiger partial charge is 0.146 e. The van der Waals surface area contributed by atoms with Crippen molar-refractivity contribution in [2.45, 2.75) is 19.9 Å². The van der Waals surface area contributed by atoms with Crippen molar-refractivity contribution >= 4 is 5.69 Å². The lowest BCUT2D eigenvalue weighted by Gasteiger charge is -2.24. The summed E-state index contributed by atoms with van der Waals surface area (Å²) in [6.45, 7) is 6.88. The number of hydrogen-bond donors (Lipinski definition) is 1. The van der Waals surface area contributed by atoms with Crippen LogP contribution in [0.15, 0.2) is 18.2 Å². The Morgan fingerprint density at radius 3 is 2.85 bits per heavy atom. The number of rotatable bonds is 6. The molecule has 4 heteroatoms. The molecule has 0 amide bonds. The van der Waals surface area contributed by atoms with Crippen molar-refractivity contribution in [3.63, 3.8) is 0 Å². The molecule has 1 aliphatic heterocycles. The van der Waals surface area contributed by atoms with E-state index in [0.29, 0.717) is 11.6 Å². The molecule has 1 aliphatic rings. The van der Waals surface area contributed by atoms with Crippen LogP contribution in [0.3, 0.4) is 0 Å². The topological polar surface area (TPSA) is 18.5 Å². The third-order valence-electron chi connectivity index (χ3n) is 4.02. The molecule has 1 fully saturated rings. The Morgan fingerprint density at radius 1 is 1.45 bits per heavy atom. The molecule has 20 heavy (non-hydrogen) atoms. The average molecular weight is 279 g/mol. The SMILES string of the molecule is CCNCc1ccc(N(C)CC2CCN(C)C2)c(F)c1. The number of benzene rings is 1. The Balaban J connectivity index is 1.97. The van der Waals surface area contributed by atoms with Crippen LogP contribution in [0.25, 0.3) is 0 Å². The molecule has 0 spiro atoms. The van der Waals surface area contributed by atoms with Crippen molar-refractivity contribution in [2.75, 3.05) is 45.2 Å². The highest BCUT2D eigenvalue weighted by atomic mass is 19.1. The van der Waals surface area contributed by atoms with E-state index in [0.717, 1.165) is 38.3 Å². The van der Waals surface area contributed by atoms with Gasteiger partial charge in [0.25, 0.3) is 0 Å². The summed E-state index contributed by atoms with van der Waals surface area (Å²) in [5, 5.41) is 3.22. The number of hydrogen-bond acceptors (Lipinski definition) is 3. The molecule has 1 N–H and O–H groups in total. The van der Waals surface area contributed by atoms with E-state index < -0.39 is 0 Å². The van der Waals surface area contributed by atoms with Gasteiger partial charge in [0, 0.05) is 26.7 Å². The van der Waals surface area contributed by atoms with Crippen LogP contribution in [0.2, 0.25) is 0 Å². The highest BCUT2D eigenvalue weighted by Crippen LogP contribution is 2.23. The first-order valence-electron chi connectivity index (χ1n) is 7.49. The van der Waals surface area contributed by atoms with Crippen LogP contribution in [0.5, 0.6) is 0 Å². The molecule has 0 radical (unpaired) electrons. The maximum Gasteiger partial charge on any atom is 0.146 e. The Bertz CT molecular complexity index is 436. The fraction of sp³-hybridized carbons (Fsp3) is 0.625. The molecule has 1 saturated heterocycles. The lowest BCUT2D eigenvalue weighted by atomic mass is 10.1. The number of nitrogens with one attached hydrogen (secondary N) is 1. The van der Waals surface area contributed by atoms with Crippen LogP contribution >= 0.6 is 0 Å². The normalized spacial score (nSPS) is 19.5. The standard InChI is InChI=1S/C16H26FN3/c1-4-18-10-13-5-6-16(15(17)9-13)20(3)12-14-7-8-19(2)11-14/h5-6,9,14,18H,4,7-8,10-12H2,1-3H3. The van der Waals surface area contributed by atoms with Crippen molar-refractivity contribution in [2.24, 2.45) is 5.92 Å². The molecule has 0 aliphatic carbocycles. The maximum atomic E-state index is 14.2. The van der Waals surface area contributed by atoms with Gasteiger partial charge < -0.3 is 15.1 Å². The van der Waals surface area contributed by atoms with Crippen LogP contribution in [0.1, 0.15) is 18.9 Å². The number of anilines is 1. The molecular formula is C16H26FN3. The first-order chi connectivity index (χ1) is 9.60. The van der Waals surface area contributed by atoms with Crippen molar-refractivity contribution < 1.29 is 4.39 Å². The summed E-state index contributed by atoms with van der Waals surface area (Å²) >= 11 is 0. The lowest BCUT2D eigenvalue weighted by Crippen LogP contribution is -2.27. The third-order valence-corrected chi connectivity index (χ3v) is 4.02. The summed E-state index contributed by atoms with van der Waals surface area (Å²) in [5.74, 6) is 0.528. The fourth-order valence-electron chi connectivity index (χ4n) is 2.90. The zero-order chi connectivity index (χ0) is 14.5. The average Bonchev–Trinajstić information content (AvgIpc) is 2.81. The first kappa shape index (κ1) is 15.3. The van der Waals surface area contributed by atoms with Gasteiger partial charge in [-0.1, -0.05) is 13.0 Å². The molecule has 0 saturated carbocycles. The summed E-state index contributed by atoms with van der Waals surface area (Å²) in [5.41, 5.74) is 1.71. The Kier molecular flexibility index (Phi) is 5.38. The summed E-state index contributed by atoms with van der Waals surface area (Å²) in [6.07, 6.45) is 1.21. The van der Waals surface area contributed by atoms with E-state index in [1.165, 1.54) is 6.42 Å². The Hall–Kier alpha value is -1.13. The maximum absolute atomic E-state index is 14.2. The zero-order valence-corrected chi connectivity index (χ0v) is 12.8. The molecule has 1 atom stereocenters. The molecular weight excluding hydrogens is 253 g/mol.